The number of hydrogen-bond donors (Lipinski definition) is 2. The maximum absolute atomic E-state index is 12.1. The maximum Gasteiger partial charge on any atom is 0.253 e. The second-order valence-corrected chi connectivity index (χ2v) is 4.99. The molecule has 0 saturated carbocycles. The van der Waals surface area contributed by atoms with Crippen LogP contribution in [0.3, 0.4) is 0 Å². The Morgan fingerprint density at radius 1 is 1.42 bits per heavy atom. The zero-order valence-electron chi connectivity index (χ0n) is 11.0. The van der Waals surface area contributed by atoms with Crippen molar-refractivity contribution in [2.24, 2.45) is 0 Å². The Balaban J connectivity index is 1.99. The zero-order valence-corrected chi connectivity index (χ0v) is 11.8. The Bertz CT molecular complexity index is 522. The molecule has 0 aromatic carbocycles. The van der Waals surface area contributed by atoms with E-state index in [9.17, 15) is 4.79 Å². The number of nitrogens with one attached hydrogen (secondary N) is 2. The Morgan fingerprint density at radius 3 is 2.84 bits per heavy atom. The van der Waals surface area contributed by atoms with Crippen LogP contribution >= 0.6 is 11.3 Å². The quantitative estimate of drug-likeness (QED) is 0.881. The van der Waals surface area contributed by atoms with Gasteiger partial charge in [-0.15, -0.1) is 0 Å². The molecule has 1 amide bonds. The summed E-state index contributed by atoms with van der Waals surface area (Å²) in [6.07, 6.45) is 1.59. The van der Waals surface area contributed by atoms with Gasteiger partial charge in [-0.2, -0.15) is 11.3 Å². The van der Waals surface area contributed by atoms with Crippen LogP contribution in [0.1, 0.15) is 35.8 Å². The molecular weight excluding hydrogens is 258 g/mol. The van der Waals surface area contributed by atoms with Crippen LogP contribution in [-0.2, 0) is 0 Å². The lowest BCUT2D eigenvalue weighted by atomic mass is 10.1. The molecule has 0 spiro atoms. The van der Waals surface area contributed by atoms with Crippen LogP contribution in [0.2, 0.25) is 0 Å². The summed E-state index contributed by atoms with van der Waals surface area (Å²) in [5.41, 5.74) is 1.69. The average Bonchev–Trinajstić information content (AvgIpc) is 2.94. The predicted octanol–water partition coefficient (Wildman–Crippen LogP) is 3.07. The molecule has 0 radical (unpaired) electrons. The third-order valence-corrected chi connectivity index (χ3v) is 3.48. The van der Waals surface area contributed by atoms with Crippen LogP contribution in [0.25, 0.3) is 0 Å². The number of carbonyl (C=O) groups is 1. The smallest absolute Gasteiger partial charge is 0.253 e. The first kappa shape index (κ1) is 13.5. The fourth-order valence-corrected chi connectivity index (χ4v) is 2.45. The first-order valence-electron chi connectivity index (χ1n) is 6.23. The number of thiophene rings is 1. The molecule has 2 rings (SSSR count). The van der Waals surface area contributed by atoms with Crippen molar-refractivity contribution < 1.29 is 4.79 Å². The molecule has 2 aromatic rings. The molecule has 100 valence electrons. The lowest BCUT2D eigenvalue weighted by Crippen LogP contribution is -2.26. The summed E-state index contributed by atoms with van der Waals surface area (Å²) in [5.74, 6) is 0.680. The van der Waals surface area contributed by atoms with Gasteiger partial charge in [0, 0.05) is 12.7 Å². The standard InChI is InChI=1S/C14H17N3OS/c1-3-15-13-5-4-11(8-16-13)14(18)17-10(2)12-6-7-19-9-12/h4-10H,3H2,1-2H3,(H,15,16)(H,17,18). The van der Waals surface area contributed by atoms with E-state index < -0.39 is 0 Å². The highest BCUT2D eigenvalue weighted by molar-refractivity contribution is 7.07. The normalized spacial score (nSPS) is 11.9. The van der Waals surface area contributed by atoms with Gasteiger partial charge in [0.2, 0.25) is 0 Å². The van der Waals surface area contributed by atoms with Crippen molar-refractivity contribution in [2.45, 2.75) is 19.9 Å². The molecule has 2 N–H and O–H groups in total. The van der Waals surface area contributed by atoms with Crippen molar-refractivity contribution in [2.75, 3.05) is 11.9 Å². The van der Waals surface area contributed by atoms with Crippen LogP contribution in [-0.4, -0.2) is 17.4 Å². The number of amides is 1. The van der Waals surface area contributed by atoms with Gasteiger partial charge in [0.25, 0.3) is 5.91 Å². The Morgan fingerprint density at radius 2 is 2.26 bits per heavy atom. The molecule has 0 aliphatic carbocycles. The summed E-state index contributed by atoms with van der Waals surface area (Å²) >= 11 is 1.63. The summed E-state index contributed by atoms with van der Waals surface area (Å²) in [6.45, 7) is 4.79. The highest BCUT2D eigenvalue weighted by Crippen LogP contribution is 2.16. The third kappa shape index (κ3) is 3.54. The minimum Gasteiger partial charge on any atom is -0.370 e. The van der Waals surface area contributed by atoms with Crippen LogP contribution < -0.4 is 10.6 Å². The Hall–Kier alpha value is -1.88. The summed E-state index contributed by atoms with van der Waals surface area (Å²) in [6, 6.07) is 5.61. The first-order chi connectivity index (χ1) is 9.20. The van der Waals surface area contributed by atoms with Crippen molar-refractivity contribution >= 4 is 23.1 Å². The van der Waals surface area contributed by atoms with Gasteiger partial charge in [0.15, 0.2) is 0 Å². The molecule has 2 heterocycles. The largest absolute Gasteiger partial charge is 0.370 e. The number of aromatic nitrogens is 1. The summed E-state index contributed by atoms with van der Waals surface area (Å²) < 4.78 is 0. The van der Waals surface area contributed by atoms with Crippen LogP contribution in [0.5, 0.6) is 0 Å². The summed E-state index contributed by atoms with van der Waals surface area (Å²) in [7, 11) is 0. The fourth-order valence-electron chi connectivity index (χ4n) is 1.70. The molecule has 4 nitrogen and oxygen atoms in total. The van der Waals surface area contributed by atoms with Gasteiger partial charge < -0.3 is 10.6 Å². The number of anilines is 1. The van der Waals surface area contributed by atoms with Crippen molar-refractivity contribution in [1.29, 1.82) is 0 Å². The second-order valence-electron chi connectivity index (χ2n) is 4.21. The molecule has 2 aromatic heterocycles. The molecule has 0 fully saturated rings. The Labute approximate surface area is 116 Å². The van der Waals surface area contributed by atoms with Crippen molar-refractivity contribution in [3.8, 4) is 0 Å². The van der Waals surface area contributed by atoms with E-state index in [4.69, 9.17) is 0 Å². The second kappa shape index (κ2) is 6.33. The van der Waals surface area contributed by atoms with E-state index in [-0.39, 0.29) is 11.9 Å². The minimum atomic E-state index is -0.103. The third-order valence-electron chi connectivity index (χ3n) is 2.77. The highest BCUT2D eigenvalue weighted by atomic mass is 32.1. The SMILES string of the molecule is CCNc1ccc(C(=O)NC(C)c2ccsc2)cn1. The van der Waals surface area contributed by atoms with Gasteiger partial charge in [0.1, 0.15) is 5.82 Å². The number of carbonyl (C=O) groups excluding carboxylic acids is 1. The molecular formula is C14H17N3OS. The van der Waals surface area contributed by atoms with E-state index in [2.05, 4.69) is 15.6 Å². The molecule has 0 aliphatic heterocycles. The van der Waals surface area contributed by atoms with Crippen molar-refractivity contribution in [1.82, 2.24) is 10.3 Å². The van der Waals surface area contributed by atoms with E-state index in [1.807, 2.05) is 36.7 Å². The molecule has 1 atom stereocenters. The van der Waals surface area contributed by atoms with E-state index in [1.165, 1.54) is 0 Å². The zero-order chi connectivity index (χ0) is 13.7. The van der Waals surface area contributed by atoms with Gasteiger partial charge in [-0.05, 0) is 48.4 Å². The average molecular weight is 275 g/mol. The molecule has 0 bridgehead atoms. The topological polar surface area (TPSA) is 54.0 Å². The van der Waals surface area contributed by atoms with E-state index in [0.29, 0.717) is 5.56 Å². The van der Waals surface area contributed by atoms with Gasteiger partial charge in [0.05, 0.1) is 11.6 Å². The molecule has 1 unspecified atom stereocenters. The van der Waals surface area contributed by atoms with Gasteiger partial charge in [-0.1, -0.05) is 0 Å². The predicted molar refractivity (Wildman–Crippen MR) is 78.6 cm³/mol. The summed E-state index contributed by atoms with van der Waals surface area (Å²) in [5, 5.41) is 10.1. The number of nitrogens with zero attached hydrogens (tertiary/aromatic N) is 1. The lowest BCUT2D eigenvalue weighted by molar-refractivity contribution is 0.0939. The van der Waals surface area contributed by atoms with E-state index in [1.54, 1.807) is 23.6 Å². The molecule has 5 heteroatoms. The Kier molecular flexibility index (Phi) is 4.52. The van der Waals surface area contributed by atoms with Gasteiger partial charge in [-0.25, -0.2) is 4.98 Å². The number of hydrogen-bond acceptors (Lipinski definition) is 4. The van der Waals surface area contributed by atoms with Gasteiger partial charge in [-0.3, -0.25) is 4.79 Å². The van der Waals surface area contributed by atoms with Crippen molar-refractivity contribution in [3.05, 3.63) is 46.3 Å². The van der Waals surface area contributed by atoms with Crippen LogP contribution in [0, 0.1) is 0 Å². The number of rotatable bonds is 5. The van der Waals surface area contributed by atoms with Gasteiger partial charge >= 0.3 is 0 Å². The van der Waals surface area contributed by atoms with Crippen molar-refractivity contribution in [3.63, 3.8) is 0 Å². The fraction of sp³-hybridized carbons (Fsp3) is 0.286. The lowest BCUT2D eigenvalue weighted by Gasteiger charge is -2.12. The maximum atomic E-state index is 12.1. The van der Waals surface area contributed by atoms with Crippen LogP contribution in [0.15, 0.2) is 35.2 Å². The summed E-state index contributed by atoms with van der Waals surface area (Å²) in [4.78, 5) is 16.2. The first-order valence-corrected chi connectivity index (χ1v) is 7.18. The minimum absolute atomic E-state index is 0.00666. The monoisotopic (exact) mass is 275 g/mol. The van der Waals surface area contributed by atoms with Crippen LogP contribution in [0.4, 0.5) is 5.82 Å². The number of pyridine rings is 1. The molecule has 0 saturated heterocycles. The highest BCUT2D eigenvalue weighted by Gasteiger charge is 2.11. The molecule has 19 heavy (non-hydrogen) atoms. The van der Waals surface area contributed by atoms with E-state index in [0.717, 1.165) is 17.9 Å². The molecule has 0 aliphatic rings. The van der Waals surface area contributed by atoms with E-state index >= 15 is 0 Å².